The Kier molecular flexibility index (Phi) is 8.25. The molecule has 1 amide bonds. The highest BCUT2D eigenvalue weighted by atomic mass is 35.5. The summed E-state index contributed by atoms with van der Waals surface area (Å²) in [6.07, 6.45) is 0.858. The smallest absolute Gasteiger partial charge is 0.251 e. The van der Waals surface area contributed by atoms with Gasteiger partial charge in [0.05, 0.1) is 14.2 Å². The normalized spacial score (nSPS) is 13.5. The van der Waals surface area contributed by atoms with Gasteiger partial charge >= 0.3 is 0 Å². The van der Waals surface area contributed by atoms with Gasteiger partial charge in [-0.05, 0) is 65.1 Å². The van der Waals surface area contributed by atoms with E-state index in [1.54, 1.807) is 20.3 Å². The third-order valence-electron chi connectivity index (χ3n) is 7.18. The number of methoxy groups -OCH3 is 2. The Bertz CT molecular complexity index is 1620. The molecule has 0 radical (unpaired) electrons. The molecule has 2 aliphatic heterocycles. The number of amides is 1. The maximum atomic E-state index is 12.7. The lowest BCUT2D eigenvalue weighted by Gasteiger charge is -2.30. The van der Waals surface area contributed by atoms with Gasteiger partial charge in [0.1, 0.15) is 11.0 Å². The minimum atomic E-state index is -0.145. The fourth-order valence-corrected chi connectivity index (χ4v) is 5.96. The number of rotatable bonds is 9. The number of halogens is 1. The molecule has 11 heteroatoms. The molecule has 1 N–H and O–H groups in total. The third kappa shape index (κ3) is 6.19. The molecule has 216 valence electrons. The van der Waals surface area contributed by atoms with E-state index < -0.39 is 0 Å². The van der Waals surface area contributed by atoms with Crippen LogP contribution < -0.4 is 29.2 Å². The van der Waals surface area contributed by atoms with Gasteiger partial charge in [0.25, 0.3) is 5.91 Å². The van der Waals surface area contributed by atoms with Crippen molar-refractivity contribution in [1.82, 2.24) is 15.3 Å². The second kappa shape index (κ2) is 12.4. The molecule has 6 rings (SSSR count). The Labute approximate surface area is 253 Å². The topological polar surface area (TPSA) is 95.0 Å². The van der Waals surface area contributed by atoms with Crippen molar-refractivity contribution in [2.45, 2.75) is 30.4 Å². The maximum absolute atomic E-state index is 12.7. The van der Waals surface area contributed by atoms with Crippen LogP contribution in [0, 0.1) is 0 Å². The van der Waals surface area contributed by atoms with E-state index >= 15 is 0 Å². The van der Waals surface area contributed by atoms with Crippen LogP contribution in [0.3, 0.4) is 0 Å². The number of benzene rings is 3. The van der Waals surface area contributed by atoms with Crippen LogP contribution >= 0.6 is 23.4 Å². The number of nitrogens with one attached hydrogen (secondary N) is 1. The number of aromatic nitrogens is 2. The van der Waals surface area contributed by atoms with Gasteiger partial charge in [0.15, 0.2) is 28.2 Å². The fourth-order valence-electron chi connectivity index (χ4n) is 4.93. The second-order valence-corrected chi connectivity index (χ2v) is 11.2. The number of carbonyl (C=O) groups excluding carboxylic acids is 1. The molecule has 3 heterocycles. The summed E-state index contributed by atoms with van der Waals surface area (Å²) >= 11 is 7.91. The Balaban J connectivity index is 1.06. The first-order chi connectivity index (χ1) is 20.5. The van der Waals surface area contributed by atoms with Crippen LogP contribution in [0.1, 0.15) is 32.6 Å². The molecule has 0 unspecified atom stereocenters. The minimum Gasteiger partial charge on any atom is -0.493 e. The summed E-state index contributed by atoms with van der Waals surface area (Å²) < 4.78 is 21.7. The first-order valence-electron chi connectivity index (χ1n) is 13.4. The fraction of sp³-hybridized carbons (Fsp3) is 0.258. The van der Waals surface area contributed by atoms with E-state index in [0.717, 1.165) is 41.4 Å². The molecule has 0 fully saturated rings. The maximum Gasteiger partial charge on any atom is 0.251 e. The molecular formula is C31H29ClN4O5S. The van der Waals surface area contributed by atoms with Crippen molar-refractivity contribution in [3.63, 3.8) is 0 Å². The van der Waals surface area contributed by atoms with E-state index in [-0.39, 0.29) is 12.7 Å². The first-order valence-corrected chi connectivity index (χ1v) is 14.8. The van der Waals surface area contributed by atoms with Crippen molar-refractivity contribution in [2.75, 3.05) is 32.5 Å². The summed E-state index contributed by atoms with van der Waals surface area (Å²) in [5, 5.41) is 3.95. The molecule has 0 spiro atoms. The summed E-state index contributed by atoms with van der Waals surface area (Å²) in [5.41, 5.74) is 4.98. The van der Waals surface area contributed by atoms with Gasteiger partial charge in [-0.25, -0.2) is 9.97 Å². The van der Waals surface area contributed by atoms with Crippen molar-refractivity contribution in [3.05, 3.63) is 93.6 Å². The van der Waals surface area contributed by atoms with Crippen LogP contribution in [-0.4, -0.2) is 43.4 Å². The largest absolute Gasteiger partial charge is 0.493 e. The second-order valence-electron chi connectivity index (χ2n) is 9.83. The number of hydrogen-bond acceptors (Lipinski definition) is 9. The number of thioether (sulfide) groups is 1. The van der Waals surface area contributed by atoms with Crippen LogP contribution in [-0.2, 0) is 25.3 Å². The molecule has 3 aromatic carbocycles. The lowest BCUT2D eigenvalue weighted by atomic mass is 9.99. The zero-order chi connectivity index (χ0) is 29.1. The first kappa shape index (κ1) is 28.0. The number of ether oxygens (including phenoxy) is 4. The standard InChI is InChI=1S/C31H29ClN4O5S/c1-38-25-12-22-9-10-36(16-23(22)13-26(25)39-2)29-14-28(32)34-31(35-29)42-17-19-3-6-21(7-4-19)30(37)33-15-20-5-8-24-27(11-20)41-18-40-24/h3-8,11-14H,9-10,15-18H2,1-2H3,(H,33,37). The number of carbonyl (C=O) groups is 1. The lowest BCUT2D eigenvalue weighted by molar-refractivity contribution is 0.0951. The Hall–Kier alpha value is -4.15. The highest BCUT2D eigenvalue weighted by Gasteiger charge is 2.22. The number of hydrogen-bond donors (Lipinski definition) is 1. The van der Waals surface area contributed by atoms with Crippen LogP contribution in [0.4, 0.5) is 5.82 Å². The van der Waals surface area contributed by atoms with Gasteiger partial charge in [-0.3, -0.25) is 4.79 Å². The van der Waals surface area contributed by atoms with Gasteiger partial charge in [-0.2, -0.15) is 0 Å². The summed E-state index contributed by atoms with van der Waals surface area (Å²) in [4.78, 5) is 24.1. The van der Waals surface area contributed by atoms with Crippen LogP contribution in [0.15, 0.2) is 65.8 Å². The predicted octanol–water partition coefficient (Wildman–Crippen LogP) is 5.66. The quantitative estimate of drug-likeness (QED) is 0.147. The van der Waals surface area contributed by atoms with E-state index in [9.17, 15) is 4.79 Å². The average Bonchev–Trinajstić information content (AvgIpc) is 3.49. The van der Waals surface area contributed by atoms with Gasteiger partial charge in [-0.1, -0.05) is 41.6 Å². The van der Waals surface area contributed by atoms with E-state index in [1.165, 1.54) is 22.9 Å². The molecule has 0 atom stereocenters. The third-order valence-corrected chi connectivity index (χ3v) is 8.29. The monoisotopic (exact) mass is 604 g/mol. The van der Waals surface area contributed by atoms with Gasteiger partial charge in [-0.15, -0.1) is 0 Å². The molecule has 0 aliphatic carbocycles. The number of anilines is 1. The van der Waals surface area contributed by atoms with Crippen LogP contribution in [0.25, 0.3) is 0 Å². The highest BCUT2D eigenvalue weighted by Crippen LogP contribution is 2.35. The van der Waals surface area contributed by atoms with Crippen molar-refractivity contribution in [1.29, 1.82) is 0 Å². The average molecular weight is 605 g/mol. The van der Waals surface area contributed by atoms with Gasteiger partial charge < -0.3 is 29.2 Å². The Morgan fingerprint density at radius 3 is 2.48 bits per heavy atom. The molecular weight excluding hydrogens is 576 g/mol. The van der Waals surface area contributed by atoms with Crippen LogP contribution in [0.2, 0.25) is 5.15 Å². The lowest BCUT2D eigenvalue weighted by Crippen LogP contribution is -2.31. The molecule has 42 heavy (non-hydrogen) atoms. The summed E-state index contributed by atoms with van der Waals surface area (Å²) in [6.45, 7) is 2.11. The molecule has 0 saturated heterocycles. The molecule has 1 aromatic heterocycles. The zero-order valence-corrected chi connectivity index (χ0v) is 24.8. The van der Waals surface area contributed by atoms with E-state index in [1.807, 2.05) is 54.6 Å². The summed E-state index contributed by atoms with van der Waals surface area (Å²) in [7, 11) is 3.29. The predicted molar refractivity (Wildman–Crippen MR) is 161 cm³/mol. The van der Waals surface area contributed by atoms with Crippen LogP contribution in [0.5, 0.6) is 23.0 Å². The summed E-state index contributed by atoms with van der Waals surface area (Å²) in [5.74, 6) is 4.14. The molecule has 0 saturated carbocycles. The molecule has 0 bridgehead atoms. The van der Waals surface area contributed by atoms with Crippen molar-refractivity contribution >= 4 is 35.1 Å². The molecule has 9 nitrogen and oxygen atoms in total. The SMILES string of the molecule is COc1cc2c(cc1OC)CN(c1cc(Cl)nc(SCc3ccc(C(=O)NCc4ccc5c(c4)OCO5)cc3)n1)CC2. The Morgan fingerprint density at radius 2 is 1.69 bits per heavy atom. The van der Waals surface area contributed by atoms with Crippen molar-refractivity contribution in [2.24, 2.45) is 0 Å². The van der Waals surface area contributed by atoms with E-state index in [4.69, 9.17) is 35.5 Å². The Morgan fingerprint density at radius 1 is 0.952 bits per heavy atom. The summed E-state index contributed by atoms with van der Waals surface area (Å²) in [6, 6.07) is 19.1. The van der Waals surface area contributed by atoms with Crippen molar-refractivity contribution < 1.29 is 23.7 Å². The van der Waals surface area contributed by atoms with Crippen molar-refractivity contribution in [3.8, 4) is 23.0 Å². The highest BCUT2D eigenvalue weighted by molar-refractivity contribution is 7.98. The van der Waals surface area contributed by atoms with Gasteiger partial charge in [0, 0.05) is 37.0 Å². The number of nitrogens with zero attached hydrogens (tertiary/aromatic N) is 3. The van der Waals surface area contributed by atoms with Gasteiger partial charge in [0.2, 0.25) is 6.79 Å². The van der Waals surface area contributed by atoms with E-state index in [2.05, 4.69) is 15.2 Å². The molecule has 4 aromatic rings. The van der Waals surface area contributed by atoms with E-state index in [0.29, 0.717) is 46.2 Å². The number of fused-ring (bicyclic) bond motifs is 2. The minimum absolute atomic E-state index is 0.145. The zero-order valence-electron chi connectivity index (χ0n) is 23.2. The molecule has 2 aliphatic rings.